The molecule has 2 aromatic carbocycles. The van der Waals surface area contributed by atoms with Crippen molar-refractivity contribution in [2.45, 2.75) is 13.0 Å². The number of sulfonamides is 1. The van der Waals surface area contributed by atoms with Gasteiger partial charge in [-0.15, -0.1) is 0 Å². The van der Waals surface area contributed by atoms with E-state index in [1.165, 1.54) is 18.5 Å². The number of hydrogen-bond donors (Lipinski definition) is 1. The van der Waals surface area contributed by atoms with Gasteiger partial charge in [0.15, 0.2) is 11.5 Å². The average molecular weight is 435 g/mol. The predicted molar refractivity (Wildman–Crippen MR) is 113 cm³/mol. The zero-order valence-corrected chi connectivity index (χ0v) is 18.1. The van der Waals surface area contributed by atoms with Gasteiger partial charge >= 0.3 is 0 Å². The predicted octanol–water partition coefficient (Wildman–Crippen LogP) is 1.83. The summed E-state index contributed by atoms with van der Waals surface area (Å²) in [5.41, 5.74) is 2.35. The molecule has 0 saturated heterocycles. The van der Waals surface area contributed by atoms with Crippen molar-refractivity contribution in [1.29, 1.82) is 0 Å². The number of hydrogen-bond acceptors (Lipinski definition) is 6. The van der Waals surface area contributed by atoms with Crippen molar-refractivity contribution in [2.24, 2.45) is 0 Å². The second kappa shape index (κ2) is 9.36. The highest BCUT2D eigenvalue weighted by Crippen LogP contribution is 2.30. The molecule has 2 aromatic rings. The Balaban J connectivity index is 1.61. The van der Waals surface area contributed by atoms with Gasteiger partial charge in [-0.2, -0.15) is 4.31 Å². The molecular formula is C21H26N2O6S. The first-order chi connectivity index (χ1) is 14.4. The summed E-state index contributed by atoms with van der Waals surface area (Å²) in [6.45, 7) is 0.715. The largest absolute Gasteiger partial charge is 0.497 e. The number of carbonyl (C=O) groups excluding carboxylic acids is 1. The molecule has 30 heavy (non-hydrogen) atoms. The van der Waals surface area contributed by atoms with Crippen LogP contribution in [0.3, 0.4) is 0 Å². The fraction of sp³-hybridized carbons (Fsp3) is 0.381. The maximum atomic E-state index is 12.8. The summed E-state index contributed by atoms with van der Waals surface area (Å²) < 4.78 is 42.7. The molecule has 1 aliphatic heterocycles. The van der Waals surface area contributed by atoms with Crippen LogP contribution >= 0.6 is 0 Å². The lowest BCUT2D eigenvalue weighted by Crippen LogP contribution is -2.40. The van der Waals surface area contributed by atoms with E-state index in [-0.39, 0.29) is 17.9 Å². The summed E-state index contributed by atoms with van der Waals surface area (Å²) in [6.07, 6.45) is 0.624. The van der Waals surface area contributed by atoms with Gasteiger partial charge in [0.2, 0.25) is 10.0 Å². The Labute approximate surface area is 176 Å². The summed E-state index contributed by atoms with van der Waals surface area (Å²) in [5, 5.41) is 2.66. The monoisotopic (exact) mass is 434 g/mol. The number of amides is 1. The minimum absolute atomic E-state index is 0.00645. The van der Waals surface area contributed by atoms with E-state index in [4.69, 9.17) is 14.2 Å². The molecule has 0 radical (unpaired) electrons. The van der Waals surface area contributed by atoms with E-state index in [2.05, 4.69) is 5.32 Å². The average Bonchev–Trinajstić information content (AvgIpc) is 2.77. The highest BCUT2D eigenvalue weighted by Gasteiger charge is 2.27. The fourth-order valence-electron chi connectivity index (χ4n) is 3.45. The Morgan fingerprint density at radius 1 is 1.07 bits per heavy atom. The molecule has 1 aliphatic rings. The van der Waals surface area contributed by atoms with Gasteiger partial charge in [-0.05, 0) is 41.8 Å². The fourth-order valence-corrected chi connectivity index (χ4v) is 4.78. The maximum Gasteiger partial charge on any atom is 0.255 e. The molecule has 0 aliphatic carbocycles. The van der Waals surface area contributed by atoms with Gasteiger partial charge in [0.1, 0.15) is 5.75 Å². The van der Waals surface area contributed by atoms with E-state index in [0.717, 1.165) is 16.9 Å². The van der Waals surface area contributed by atoms with Gasteiger partial charge in [-0.3, -0.25) is 4.79 Å². The first kappa shape index (κ1) is 21.9. The molecular weight excluding hydrogens is 408 g/mol. The third kappa shape index (κ3) is 4.68. The standard InChI is InChI=1S/C21H26N2O6S/c1-27-17-8-7-16-14-23(11-9-15(16)13-17)30(25,26)12-10-22-21(24)18-5-4-6-19(28-2)20(18)29-3/h4-8,13H,9-12,14H2,1-3H3,(H,22,24). The van der Waals surface area contributed by atoms with E-state index in [1.807, 2.05) is 18.2 Å². The van der Waals surface area contributed by atoms with Gasteiger partial charge in [0, 0.05) is 19.6 Å². The van der Waals surface area contributed by atoms with E-state index in [1.54, 1.807) is 25.3 Å². The molecule has 1 amide bonds. The van der Waals surface area contributed by atoms with Crippen LogP contribution in [0.5, 0.6) is 17.2 Å². The SMILES string of the molecule is COc1ccc2c(c1)CCN(S(=O)(=O)CCNC(=O)c1cccc(OC)c1OC)C2. The van der Waals surface area contributed by atoms with E-state index in [0.29, 0.717) is 31.0 Å². The van der Waals surface area contributed by atoms with Crippen LogP contribution in [0.2, 0.25) is 0 Å². The molecule has 1 N–H and O–H groups in total. The lowest BCUT2D eigenvalue weighted by atomic mass is 10.0. The molecule has 3 rings (SSSR count). The summed E-state index contributed by atoms with van der Waals surface area (Å²) in [4.78, 5) is 12.5. The molecule has 0 atom stereocenters. The highest BCUT2D eigenvalue weighted by atomic mass is 32.2. The summed E-state index contributed by atoms with van der Waals surface area (Å²) >= 11 is 0. The number of benzene rings is 2. The minimum atomic E-state index is -3.52. The Morgan fingerprint density at radius 3 is 2.57 bits per heavy atom. The van der Waals surface area contributed by atoms with Crippen LogP contribution in [-0.2, 0) is 23.0 Å². The number of fused-ring (bicyclic) bond motifs is 1. The Hall–Kier alpha value is -2.78. The molecule has 0 spiro atoms. The smallest absolute Gasteiger partial charge is 0.255 e. The van der Waals surface area contributed by atoms with Crippen LogP contribution in [0.4, 0.5) is 0 Å². The van der Waals surface area contributed by atoms with Crippen molar-refractivity contribution in [3.8, 4) is 17.2 Å². The number of methoxy groups -OCH3 is 3. The van der Waals surface area contributed by atoms with Gasteiger partial charge in [-0.25, -0.2) is 8.42 Å². The van der Waals surface area contributed by atoms with Crippen molar-refractivity contribution < 1.29 is 27.4 Å². The molecule has 1 heterocycles. The summed E-state index contributed by atoms with van der Waals surface area (Å²) in [5.74, 6) is 0.902. The zero-order valence-electron chi connectivity index (χ0n) is 17.3. The zero-order chi connectivity index (χ0) is 21.7. The third-order valence-electron chi connectivity index (χ3n) is 5.08. The molecule has 0 aromatic heterocycles. The number of nitrogens with one attached hydrogen (secondary N) is 1. The Kier molecular flexibility index (Phi) is 6.84. The number of carbonyl (C=O) groups is 1. The number of para-hydroxylation sites is 1. The highest BCUT2D eigenvalue weighted by molar-refractivity contribution is 7.89. The second-order valence-electron chi connectivity index (χ2n) is 6.83. The maximum absolute atomic E-state index is 12.8. The van der Waals surface area contributed by atoms with Crippen molar-refractivity contribution >= 4 is 15.9 Å². The van der Waals surface area contributed by atoms with Crippen LogP contribution in [-0.4, -0.2) is 58.8 Å². The van der Waals surface area contributed by atoms with E-state index in [9.17, 15) is 13.2 Å². The van der Waals surface area contributed by atoms with Crippen LogP contribution in [0.1, 0.15) is 21.5 Å². The number of nitrogens with zero attached hydrogens (tertiary/aromatic N) is 1. The van der Waals surface area contributed by atoms with Gasteiger partial charge in [0.25, 0.3) is 5.91 Å². The first-order valence-corrected chi connectivity index (χ1v) is 11.1. The number of rotatable bonds is 8. The number of ether oxygens (including phenoxy) is 3. The lowest BCUT2D eigenvalue weighted by Gasteiger charge is -2.28. The Morgan fingerprint density at radius 2 is 1.87 bits per heavy atom. The van der Waals surface area contributed by atoms with Gasteiger partial charge in [-0.1, -0.05) is 12.1 Å². The van der Waals surface area contributed by atoms with Crippen molar-refractivity contribution in [3.63, 3.8) is 0 Å². The molecule has 0 fully saturated rings. The molecule has 162 valence electrons. The van der Waals surface area contributed by atoms with E-state index < -0.39 is 15.9 Å². The van der Waals surface area contributed by atoms with Crippen LogP contribution < -0.4 is 19.5 Å². The molecule has 0 saturated carbocycles. The van der Waals surface area contributed by atoms with Crippen LogP contribution in [0, 0.1) is 0 Å². The van der Waals surface area contributed by atoms with E-state index >= 15 is 0 Å². The van der Waals surface area contributed by atoms with Crippen molar-refractivity contribution in [1.82, 2.24) is 9.62 Å². The quantitative estimate of drug-likeness (QED) is 0.681. The molecule has 0 unspecified atom stereocenters. The minimum Gasteiger partial charge on any atom is -0.497 e. The molecule has 8 nitrogen and oxygen atoms in total. The normalized spacial score (nSPS) is 14.0. The summed E-state index contributed by atoms with van der Waals surface area (Å²) in [7, 11) is 1.02. The van der Waals surface area contributed by atoms with Crippen LogP contribution in [0.15, 0.2) is 36.4 Å². The van der Waals surface area contributed by atoms with Crippen molar-refractivity contribution in [2.75, 3.05) is 40.2 Å². The third-order valence-corrected chi connectivity index (χ3v) is 6.90. The van der Waals surface area contributed by atoms with Crippen LogP contribution in [0.25, 0.3) is 0 Å². The second-order valence-corrected chi connectivity index (χ2v) is 8.92. The first-order valence-electron chi connectivity index (χ1n) is 9.52. The topological polar surface area (TPSA) is 94.2 Å². The Bertz CT molecular complexity index is 1020. The van der Waals surface area contributed by atoms with Gasteiger partial charge < -0.3 is 19.5 Å². The van der Waals surface area contributed by atoms with Gasteiger partial charge in [0.05, 0.1) is 32.6 Å². The molecule has 0 bridgehead atoms. The summed E-state index contributed by atoms with van der Waals surface area (Å²) in [6, 6.07) is 10.6. The lowest BCUT2D eigenvalue weighted by molar-refractivity contribution is 0.0952. The molecule has 9 heteroatoms. The van der Waals surface area contributed by atoms with Crippen molar-refractivity contribution in [3.05, 3.63) is 53.1 Å².